The molecule has 6 nitrogen and oxygen atoms in total. The van der Waals surface area contributed by atoms with Gasteiger partial charge in [0.2, 0.25) is 5.88 Å². The van der Waals surface area contributed by atoms with Gasteiger partial charge in [-0.05, 0) is 66.8 Å². The first-order valence-corrected chi connectivity index (χ1v) is 12.6. The first-order valence-electron chi connectivity index (χ1n) is 11.8. The molecule has 3 aromatic rings. The van der Waals surface area contributed by atoms with Crippen molar-refractivity contribution >= 4 is 38.4 Å². The number of aromatic hydroxyl groups is 1. The SMILES string of the molecule is Cc1ccccc1C(=O)N=Nc1c(O)n(CN2CC3(C)CC2CC(C)(C)C3)c2ccc(Br)cc12. The lowest BCUT2D eigenvalue weighted by atomic mass is 9.65. The summed E-state index contributed by atoms with van der Waals surface area (Å²) in [7, 11) is 0. The summed E-state index contributed by atoms with van der Waals surface area (Å²) >= 11 is 3.53. The lowest BCUT2D eigenvalue weighted by Crippen LogP contribution is -2.35. The van der Waals surface area contributed by atoms with Crippen molar-refractivity contribution in [2.75, 3.05) is 6.54 Å². The molecule has 2 atom stereocenters. The quantitative estimate of drug-likeness (QED) is 0.368. The fraction of sp³-hybridized carbons (Fsp3) is 0.444. The fourth-order valence-electron chi connectivity index (χ4n) is 6.42. The first-order chi connectivity index (χ1) is 16.1. The lowest BCUT2D eigenvalue weighted by Gasteiger charge is -2.40. The Morgan fingerprint density at radius 1 is 1.18 bits per heavy atom. The van der Waals surface area contributed by atoms with E-state index in [0.717, 1.165) is 33.9 Å². The van der Waals surface area contributed by atoms with Gasteiger partial charge in [-0.15, -0.1) is 10.2 Å². The number of aryl methyl sites for hydroxylation is 1. The maximum Gasteiger partial charge on any atom is 0.295 e. The Bertz CT molecular complexity index is 1310. The molecule has 178 valence electrons. The average Bonchev–Trinajstić information content (AvgIpc) is 3.14. The van der Waals surface area contributed by atoms with Crippen molar-refractivity contribution in [3.05, 3.63) is 58.1 Å². The zero-order valence-electron chi connectivity index (χ0n) is 20.2. The Balaban J connectivity index is 1.50. The van der Waals surface area contributed by atoms with Crippen LogP contribution < -0.4 is 0 Å². The van der Waals surface area contributed by atoms with Crippen LogP contribution in [-0.2, 0) is 6.67 Å². The minimum absolute atomic E-state index is 0.0419. The molecule has 2 bridgehead atoms. The third-order valence-electron chi connectivity index (χ3n) is 7.43. The van der Waals surface area contributed by atoms with Crippen molar-refractivity contribution in [3.63, 3.8) is 0 Å². The van der Waals surface area contributed by atoms with Crippen LogP contribution in [0.25, 0.3) is 10.9 Å². The van der Waals surface area contributed by atoms with Gasteiger partial charge in [0.05, 0.1) is 12.2 Å². The molecule has 0 spiro atoms. The summed E-state index contributed by atoms with van der Waals surface area (Å²) in [5.74, 6) is -0.378. The van der Waals surface area contributed by atoms with Crippen LogP contribution >= 0.6 is 15.9 Å². The Morgan fingerprint density at radius 2 is 1.94 bits per heavy atom. The van der Waals surface area contributed by atoms with Crippen molar-refractivity contribution in [1.82, 2.24) is 9.47 Å². The monoisotopic (exact) mass is 522 g/mol. The third kappa shape index (κ3) is 4.20. The van der Waals surface area contributed by atoms with E-state index < -0.39 is 5.91 Å². The number of fused-ring (bicyclic) bond motifs is 3. The fourth-order valence-corrected chi connectivity index (χ4v) is 6.78. The van der Waals surface area contributed by atoms with Gasteiger partial charge in [0.15, 0.2) is 5.69 Å². The predicted octanol–water partition coefficient (Wildman–Crippen LogP) is 7.20. The largest absolute Gasteiger partial charge is 0.493 e. The smallest absolute Gasteiger partial charge is 0.295 e. The number of halogens is 1. The molecule has 1 saturated heterocycles. The Kier molecular flexibility index (Phi) is 5.68. The van der Waals surface area contributed by atoms with Gasteiger partial charge in [0.25, 0.3) is 5.91 Å². The second-order valence-electron chi connectivity index (χ2n) is 11.2. The van der Waals surface area contributed by atoms with E-state index in [1.807, 2.05) is 47.9 Å². The van der Waals surface area contributed by atoms with Gasteiger partial charge < -0.3 is 5.11 Å². The van der Waals surface area contributed by atoms with Crippen molar-refractivity contribution in [1.29, 1.82) is 0 Å². The van der Waals surface area contributed by atoms with Crippen molar-refractivity contribution in [2.24, 2.45) is 21.1 Å². The Labute approximate surface area is 208 Å². The minimum Gasteiger partial charge on any atom is -0.493 e. The normalized spacial score (nSPS) is 24.3. The summed E-state index contributed by atoms with van der Waals surface area (Å²) in [6.45, 7) is 10.6. The number of aromatic nitrogens is 1. The summed E-state index contributed by atoms with van der Waals surface area (Å²) in [6.07, 6.45) is 3.57. The molecule has 5 rings (SSSR count). The van der Waals surface area contributed by atoms with Crippen molar-refractivity contribution in [2.45, 2.75) is 59.7 Å². The van der Waals surface area contributed by atoms with Crippen molar-refractivity contribution in [3.8, 4) is 5.88 Å². The van der Waals surface area contributed by atoms with E-state index in [1.54, 1.807) is 6.07 Å². The molecule has 34 heavy (non-hydrogen) atoms. The maximum atomic E-state index is 12.7. The summed E-state index contributed by atoms with van der Waals surface area (Å²) in [6, 6.07) is 13.7. The van der Waals surface area contributed by atoms with E-state index >= 15 is 0 Å². The highest BCUT2D eigenvalue weighted by Crippen LogP contribution is 2.53. The number of azo groups is 1. The van der Waals surface area contributed by atoms with Crippen LogP contribution in [0.15, 0.2) is 57.2 Å². The van der Waals surface area contributed by atoms with Crippen LogP contribution in [0.1, 0.15) is 56.0 Å². The molecule has 2 fully saturated rings. The van der Waals surface area contributed by atoms with Gasteiger partial charge in [-0.1, -0.05) is 54.9 Å². The van der Waals surface area contributed by atoms with E-state index in [2.05, 4.69) is 51.8 Å². The second kappa shape index (κ2) is 8.31. The molecule has 1 saturated carbocycles. The lowest BCUT2D eigenvalue weighted by molar-refractivity contribution is 0.0994. The molecule has 1 aliphatic carbocycles. The van der Waals surface area contributed by atoms with Gasteiger partial charge in [-0.3, -0.25) is 14.3 Å². The van der Waals surface area contributed by atoms with E-state index in [4.69, 9.17) is 0 Å². The number of likely N-dealkylation sites (tertiary alicyclic amines) is 1. The van der Waals surface area contributed by atoms with Crippen LogP contribution in [0.4, 0.5) is 5.69 Å². The minimum atomic E-state index is -0.420. The zero-order valence-corrected chi connectivity index (χ0v) is 21.8. The highest BCUT2D eigenvalue weighted by Gasteiger charge is 2.49. The highest BCUT2D eigenvalue weighted by molar-refractivity contribution is 9.10. The topological polar surface area (TPSA) is 70.2 Å². The summed E-state index contributed by atoms with van der Waals surface area (Å²) in [5, 5.41) is 20.3. The van der Waals surface area contributed by atoms with E-state index in [-0.39, 0.29) is 5.88 Å². The number of rotatable bonds is 4. The molecule has 2 unspecified atom stereocenters. The van der Waals surface area contributed by atoms with Crippen LogP contribution in [0, 0.1) is 17.8 Å². The molecule has 2 aromatic carbocycles. The molecular weight excluding hydrogens is 492 g/mol. The molecular formula is C27H31BrN4O2. The van der Waals surface area contributed by atoms with Gasteiger partial charge in [-0.2, -0.15) is 0 Å². The van der Waals surface area contributed by atoms with Gasteiger partial charge in [0.1, 0.15) is 0 Å². The summed E-state index contributed by atoms with van der Waals surface area (Å²) in [4.78, 5) is 15.2. The van der Waals surface area contributed by atoms with Gasteiger partial charge in [0, 0.05) is 28.0 Å². The Hall–Kier alpha value is -2.51. The molecule has 1 N–H and O–H groups in total. The molecule has 2 aliphatic rings. The number of carbonyl (C=O) groups excluding carboxylic acids is 1. The predicted molar refractivity (Wildman–Crippen MR) is 138 cm³/mol. The number of hydrogen-bond donors (Lipinski definition) is 1. The van der Waals surface area contributed by atoms with Crippen molar-refractivity contribution < 1.29 is 9.90 Å². The van der Waals surface area contributed by atoms with Crippen LogP contribution in [0.5, 0.6) is 5.88 Å². The van der Waals surface area contributed by atoms with E-state index in [1.165, 1.54) is 12.8 Å². The highest BCUT2D eigenvalue weighted by atomic mass is 79.9. The molecule has 1 amide bonds. The molecule has 0 radical (unpaired) electrons. The molecule has 7 heteroatoms. The Morgan fingerprint density at radius 3 is 2.71 bits per heavy atom. The molecule has 2 heterocycles. The number of nitrogens with zero attached hydrogens (tertiary/aromatic N) is 4. The third-order valence-corrected chi connectivity index (χ3v) is 7.93. The second-order valence-corrected chi connectivity index (χ2v) is 12.1. The van der Waals surface area contributed by atoms with Crippen LogP contribution in [-0.4, -0.2) is 33.1 Å². The number of amides is 1. The van der Waals surface area contributed by atoms with Gasteiger partial charge >= 0.3 is 0 Å². The summed E-state index contributed by atoms with van der Waals surface area (Å²) in [5.41, 5.74) is 3.19. The summed E-state index contributed by atoms with van der Waals surface area (Å²) < 4.78 is 2.79. The maximum absolute atomic E-state index is 12.7. The van der Waals surface area contributed by atoms with Gasteiger partial charge in [-0.25, -0.2) is 0 Å². The molecule has 1 aliphatic heterocycles. The van der Waals surface area contributed by atoms with E-state index in [0.29, 0.717) is 34.8 Å². The standard InChI is InChI=1S/C27H31BrN4O2/c1-17-7-5-6-8-20(17)24(33)30-29-23-21-11-18(28)9-10-22(21)32(25(23)34)16-31-15-27(4)13-19(31)12-26(2,3)14-27/h5-11,19,34H,12-16H2,1-4H3. The molecule has 1 aromatic heterocycles. The number of hydrogen-bond acceptors (Lipinski definition) is 4. The number of carbonyl (C=O) groups is 1. The van der Waals surface area contributed by atoms with Crippen LogP contribution in [0.3, 0.4) is 0 Å². The van der Waals surface area contributed by atoms with Crippen LogP contribution in [0.2, 0.25) is 0 Å². The zero-order chi connectivity index (χ0) is 24.3. The average molecular weight is 523 g/mol. The number of benzene rings is 2. The van der Waals surface area contributed by atoms with E-state index in [9.17, 15) is 9.90 Å². The first kappa shape index (κ1) is 23.2.